The van der Waals surface area contributed by atoms with Crippen molar-refractivity contribution >= 4 is 76.5 Å². The predicted octanol–water partition coefficient (Wildman–Crippen LogP) is 13.1. The number of hydrogen-bond acceptors (Lipinski definition) is 4. The fourth-order valence-electron chi connectivity index (χ4n) is 8.68. The third-order valence-corrected chi connectivity index (χ3v) is 11.1. The molecule has 0 N–H and O–H groups in total. The molecular formula is C46H32N2O2. The first-order valence-corrected chi connectivity index (χ1v) is 17.8. The molecule has 0 spiro atoms. The molecule has 7 aromatic carbocycles. The molecule has 0 atom stereocenters. The summed E-state index contributed by atoms with van der Waals surface area (Å²) >= 11 is 0. The van der Waals surface area contributed by atoms with Crippen molar-refractivity contribution in [3.63, 3.8) is 0 Å². The van der Waals surface area contributed by atoms with Crippen LogP contribution in [0.15, 0.2) is 136 Å². The molecule has 4 nitrogen and oxygen atoms in total. The second-order valence-corrected chi connectivity index (χ2v) is 13.9. The zero-order valence-electron chi connectivity index (χ0n) is 27.4. The molecule has 0 aliphatic heterocycles. The zero-order chi connectivity index (χ0) is 32.8. The smallest absolute Gasteiger partial charge is 0.143 e. The molecule has 0 radical (unpaired) electrons. The highest BCUT2D eigenvalue weighted by Crippen LogP contribution is 2.43. The first kappa shape index (κ1) is 27.9. The third-order valence-electron chi connectivity index (χ3n) is 11.1. The standard InChI is InChI=1S/C46H32N2O2/c1-2-11-27(12-3-1)30-19-9-21-36-38-24-42-39(25-41(38)49-45(30)36)37-22-10-20-31(46(37)50-42)28-13-8-14-29(23-28)40-26-47-43-34-17-6-4-15-32(34)33-16-5-7-18-35(33)44(43)48-40/h4-10,13-27H,1-3,11-12H2. The maximum absolute atomic E-state index is 6.73. The highest BCUT2D eigenvalue weighted by Gasteiger charge is 2.22. The van der Waals surface area contributed by atoms with Crippen LogP contribution < -0.4 is 0 Å². The third kappa shape index (κ3) is 4.11. The highest BCUT2D eigenvalue weighted by molar-refractivity contribution is 6.23. The van der Waals surface area contributed by atoms with Crippen molar-refractivity contribution in [1.29, 1.82) is 0 Å². The van der Waals surface area contributed by atoms with E-state index in [1.165, 1.54) is 53.8 Å². The molecule has 50 heavy (non-hydrogen) atoms. The molecular weight excluding hydrogens is 613 g/mol. The lowest BCUT2D eigenvalue weighted by atomic mass is 9.83. The van der Waals surface area contributed by atoms with Gasteiger partial charge in [-0.15, -0.1) is 0 Å². The summed E-state index contributed by atoms with van der Waals surface area (Å²) in [5.41, 5.74) is 10.9. The number of benzene rings is 7. The molecule has 0 saturated heterocycles. The SMILES string of the molecule is c1cc(-c2cnc3c4ccccc4c4ccccc4c3n2)cc(-c2cccc3c2oc2cc4c(cc23)oc2c(C3CCCCC3)cccc24)c1. The molecule has 238 valence electrons. The maximum Gasteiger partial charge on any atom is 0.143 e. The summed E-state index contributed by atoms with van der Waals surface area (Å²) in [5.74, 6) is 0.579. The first-order chi connectivity index (χ1) is 24.8. The lowest BCUT2D eigenvalue weighted by Crippen LogP contribution is -2.04. The molecule has 1 fully saturated rings. The molecule has 3 aromatic heterocycles. The van der Waals surface area contributed by atoms with E-state index >= 15 is 0 Å². The lowest BCUT2D eigenvalue weighted by molar-refractivity contribution is 0.442. The van der Waals surface area contributed by atoms with Gasteiger partial charge in [-0.3, -0.25) is 4.98 Å². The van der Waals surface area contributed by atoms with Gasteiger partial charge in [-0.2, -0.15) is 0 Å². The van der Waals surface area contributed by atoms with E-state index in [0.717, 1.165) is 82.7 Å². The monoisotopic (exact) mass is 644 g/mol. The van der Waals surface area contributed by atoms with Gasteiger partial charge in [-0.25, -0.2) is 4.98 Å². The van der Waals surface area contributed by atoms with Crippen LogP contribution in [0.1, 0.15) is 43.6 Å². The summed E-state index contributed by atoms with van der Waals surface area (Å²) in [6.07, 6.45) is 8.34. The zero-order valence-corrected chi connectivity index (χ0v) is 27.4. The van der Waals surface area contributed by atoms with Crippen molar-refractivity contribution in [3.8, 4) is 22.4 Å². The molecule has 3 heterocycles. The Bertz CT molecular complexity index is 2940. The minimum atomic E-state index is 0.579. The number of hydrogen-bond donors (Lipinski definition) is 0. The van der Waals surface area contributed by atoms with E-state index in [4.69, 9.17) is 18.8 Å². The normalized spacial score (nSPS) is 14.3. The van der Waals surface area contributed by atoms with Crippen LogP contribution >= 0.6 is 0 Å². The Morgan fingerprint density at radius 2 is 1.08 bits per heavy atom. The summed E-state index contributed by atoms with van der Waals surface area (Å²) in [6.45, 7) is 0. The van der Waals surface area contributed by atoms with Crippen LogP contribution in [-0.4, -0.2) is 9.97 Å². The molecule has 1 aliphatic carbocycles. The second-order valence-electron chi connectivity index (χ2n) is 13.9. The molecule has 4 heteroatoms. The van der Waals surface area contributed by atoms with Gasteiger partial charge in [0.05, 0.1) is 22.9 Å². The number of aromatic nitrogens is 2. The number of para-hydroxylation sites is 2. The Labute approximate surface area is 288 Å². The fraction of sp³-hybridized carbons (Fsp3) is 0.130. The van der Waals surface area contributed by atoms with E-state index in [1.54, 1.807) is 0 Å². The van der Waals surface area contributed by atoms with Crippen LogP contribution in [0.25, 0.3) is 98.8 Å². The van der Waals surface area contributed by atoms with E-state index in [2.05, 4.69) is 121 Å². The van der Waals surface area contributed by atoms with Crippen LogP contribution in [0.2, 0.25) is 0 Å². The van der Waals surface area contributed by atoms with Gasteiger partial charge in [0.25, 0.3) is 0 Å². The summed E-state index contributed by atoms with van der Waals surface area (Å²) in [4.78, 5) is 10.2. The summed E-state index contributed by atoms with van der Waals surface area (Å²) in [5, 5.41) is 9.07. The maximum atomic E-state index is 6.73. The lowest BCUT2D eigenvalue weighted by Gasteiger charge is -2.21. The van der Waals surface area contributed by atoms with E-state index in [9.17, 15) is 0 Å². The van der Waals surface area contributed by atoms with Gasteiger partial charge in [0.15, 0.2) is 0 Å². The quantitative estimate of drug-likeness (QED) is 0.180. The summed E-state index contributed by atoms with van der Waals surface area (Å²) in [6, 6.07) is 43.0. The Morgan fingerprint density at radius 3 is 1.84 bits per heavy atom. The molecule has 1 aliphatic rings. The topological polar surface area (TPSA) is 52.1 Å². The number of furan rings is 2. The number of fused-ring (bicyclic) bond motifs is 12. The summed E-state index contributed by atoms with van der Waals surface area (Å²) < 4.78 is 13.4. The van der Waals surface area contributed by atoms with Gasteiger partial charge in [-0.05, 0) is 58.9 Å². The Kier molecular flexibility index (Phi) is 6.00. The van der Waals surface area contributed by atoms with Crippen LogP contribution in [0.4, 0.5) is 0 Å². The van der Waals surface area contributed by atoms with E-state index in [-0.39, 0.29) is 0 Å². The van der Waals surface area contributed by atoms with Crippen LogP contribution in [0.3, 0.4) is 0 Å². The Balaban J connectivity index is 1.04. The fourth-order valence-corrected chi connectivity index (χ4v) is 8.68. The number of rotatable bonds is 3. The van der Waals surface area contributed by atoms with Crippen molar-refractivity contribution in [2.24, 2.45) is 0 Å². The molecule has 10 aromatic rings. The van der Waals surface area contributed by atoms with E-state index in [0.29, 0.717) is 5.92 Å². The Morgan fingerprint density at radius 1 is 0.480 bits per heavy atom. The highest BCUT2D eigenvalue weighted by atomic mass is 16.3. The van der Waals surface area contributed by atoms with Crippen molar-refractivity contribution < 1.29 is 8.83 Å². The average molecular weight is 645 g/mol. The van der Waals surface area contributed by atoms with E-state index in [1.807, 2.05) is 6.20 Å². The van der Waals surface area contributed by atoms with Crippen molar-refractivity contribution in [2.45, 2.75) is 38.0 Å². The van der Waals surface area contributed by atoms with Crippen LogP contribution in [0, 0.1) is 0 Å². The minimum Gasteiger partial charge on any atom is -0.456 e. The van der Waals surface area contributed by atoms with E-state index < -0.39 is 0 Å². The van der Waals surface area contributed by atoms with Crippen LogP contribution in [-0.2, 0) is 0 Å². The molecule has 11 rings (SSSR count). The molecule has 0 amide bonds. The van der Waals surface area contributed by atoms with Crippen molar-refractivity contribution in [1.82, 2.24) is 9.97 Å². The summed E-state index contributed by atoms with van der Waals surface area (Å²) in [7, 11) is 0. The second kappa shape index (κ2) is 10.8. The number of nitrogens with zero attached hydrogens (tertiary/aromatic N) is 2. The Hall–Kier alpha value is -6.00. The van der Waals surface area contributed by atoms with Gasteiger partial charge in [0, 0.05) is 43.4 Å². The van der Waals surface area contributed by atoms with Gasteiger partial charge in [0.2, 0.25) is 0 Å². The average Bonchev–Trinajstić information content (AvgIpc) is 3.74. The van der Waals surface area contributed by atoms with Gasteiger partial charge in [-0.1, -0.05) is 122 Å². The van der Waals surface area contributed by atoms with Gasteiger partial charge < -0.3 is 8.83 Å². The van der Waals surface area contributed by atoms with Crippen LogP contribution in [0.5, 0.6) is 0 Å². The minimum absolute atomic E-state index is 0.579. The molecule has 1 saturated carbocycles. The molecule has 0 unspecified atom stereocenters. The van der Waals surface area contributed by atoms with Gasteiger partial charge >= 0.3 is 0 Å². The van der Waals surface area contributed by atoms with Gasteiger partial charge in [0.1, 0.15) is 22.3 Å². The predicted molar refractivity (Wildman–Crippen MR) is 206 cm³/mol. The first-order valence-electron chi connectivity index (χ1n) is 17.8. The molecule has 0 bridgehead atoms. The largest absolute Gasteiger partial charge is 0.456 e. The van der Waals surface area contributed by atoms with Crippen molar-refractivity contribution in [3.05, 3.63) is 133 Å². The van der Waals surface area contributed by atoms with Crippen molar-refractivity contribution in [2.75, 3.05) is 0 Å².